The second-order valence-corrected chi connectivity index (χ2v) is 6.25. The van der Waals surface area contributed by atoms with Crippen LogP contribution in [0.1, 0.15) is 96.8 Å². The molecule has 0 aliphatic rings. The average Bonchev–Trinajstić information content (AvgIpc) is 2.46. The largest absolute Gasteiger partial charge is 2.00 e. The molecule has 0 aromatic rings. The number of carboxylic acids is 2. The molecule has 0 rings (SSSR count). The van der Waals surface area contributed by atoms with Crippen molar-refractivity contribution in [1.29, 1.82) is 0 Å². The molecule has 0 aliphatic heterocycles. The van der Waals surface area contributed by atoms with E-state index >= 15 is 0 Å². The van der Waals surface area contributed by atoms with Crippen molar-refractivity contribution in [3.8, 4) is 0 Å². The molecular weight excluding hydrogens is 320 g/mol. The first kappa shape index (κ1) is 25.4. The summed E-state index contributed by atoms with van der Waals surface area (Å²) >= 11 is 0. The van der Waals surface area contributed by atoms with Crippen LogP contribution in [-0.4, -0.2) is 49.7 Å². The van der Waals surface area contributed by atoms with E-state index in [2.05, 4.69) is 6.92 Å². The molecule has 5 heteroatoms. The third-order valence-corrected chi connectivity index (χ3v) is 4.17. The van der Waals surface area contributed by atoms with Gasteiger partial charge in [0.1, 0.15) is 0 Å². The van der Waals surface area contributed by atoms with Gasteiger partial charge in [0.05, 0.1) is 0 Å². The minimum absolute atomic E-state index is 0. The first-order chi connectivity index (χ1) is 10.6. The van der Waals surface area contributed by atoms with E-state index in [-0.39, 0.29) is 50.1 Å². The first-order valence-corrected chi connectivity index (χ1v) is 8.98. The van der Waals surface area contributed by atoms with Gasteiger partial charge in [-0.1, -0.05) is 71.1 Å². The van der Waals surface area contributed by atoms with Crippen molar-refractivity contribution in [3.05, 3.63) is 0 Å². The van der Waals surface area contributed by atoms with E-state index < -0.39 is 11.9 Å². The van der Waals surface area contributed by atoms with Crippen molar-refractivity contribution in [2.24, 2.45) is 5.92 Å². The van der Waals surface area contributed by atoms with Crippen LogP contribution >= 0.6 is 0 Å². The molecule has 0 spiro atoms. The standard InChI is InChI=1S/C18H34O4.Ca/c1-2-3-4-10-13-16(18(21)22)14-11-8-6-5-7-9-12-15-17(19)20;/h16H,2-15H2,1H3,(H,19,20)(H,21,22);/q;+2/p-2. The summed E-state index contributed by atoms with van der Waals surface area (Å²) in [5.74, 6) is -2.13. The van der Waals surface area contributed by atoms with E-state index in [9.17, 15) is 19.8 Å². The summed E-state index contributed by atoms with van der Waals surface area (Å²) in [4.78, 5) is 21.3. The van der Waals surface area contributed by atoms with Crippen molar-refractivity contribution in [2.45, 2.75) is 96.8 Å². The summed E-state index contributed by atoms with van der Waals surface area (Å²) in [6, 6.07) is 0. The predicted octanol–water partition coefficient (Wildman–Crippen LogP) is 2.20. The van der Waals surface area contributed by atoms with E-state index in [0.29, 0.717) is 6.42 Å². The van der Waals surface area contributed by atoms with E-state index in [1.165, 1.54) is 12.8 Å². The second kappa shape index (κ2) is 18.5. The molecule has 1 atom stereocenters. The Balaban J connectivity index is 0. The Labute approximate surface area is 171 Å². The Morgan fingerprint density at radius 3 is 1.61 bits per heavy atom. The number of carbonyl (C=O) groups excluding carboxylic acids is 2. The Kier molecular flexibility index (Phi) is 20.5. The molecule has 1 unspecified atom stereocenters. The van der Waals surface area contributed by atoms with E-state index in [1.54, 1.807) is 0 Å². The van der Waals surface area contributed by atoms with Crippen molar-refractivity contribution in [2.75, 3.05) is 0 Å². The smallest absolute Gasteiger partial charge is 0.550 e. The topological polar surface area (TPSA) is 80.3 Å². The summed E-state index contributed by atoms with van der Waals surface area (Å²) in [6.07, 6.45) is 13.0. The maximum absolute atomic E-state index is 11.1. The van der Waals surface area contributed by atoms with Gasteiger partial charge in [0.2, 0.25) is 0 Å². The fourth-order valence-electron chi connectivity index (χ4n) is 2.74. The molecule has 0 saturated heterocycles. The van der Waals surface area contributed by atoms with E-state index in [4.69, 9.17) is 0 Å². The van der Waals surface area contributed by atoms with Crippen LogP contribution in [0.2, 0.25) is 0 Å². The van der Waals surface area contributed by atoms with Gasteiger partial charge in [0.15, 0.2) is 0 Å². The number of rotatable bonds is 16. The summed E-state index contributed by atoms with van der Waals surface area (Å²) in [5.41, 5.74) is 0. The summed E-state index contributed by atoms with van der Waals surface area (Å²) in [6.45, 7) is 2.15. The van der Waals surface area contributed by atoms with Gasteiger partial charge in [-0.3, -0.25) is 0 Å². The van der Waals surface area contributed by atoms with Crippen LogP contribution in [-0.2, 0) is 9.59 Å². The van der Waals surface area contributed by atoms with Crippen molar-refractivity contribution >= 4 is 49.7 Å². The van der Waals surface area contributed by atoms with E-state index in [0.717, 1.165) is 64.2 Å². The number of hydrogen-bond acceptors (Lipinski definition) is 4. The Bertz CT molecular complexity index is 295. The van der Waals surface area contributed by atoms with Crippen LogP contribution in [0, 0.1) is 5.92 Å². The molecule has 0 fully saturated rings. The molecular formula is C18H32CaO4. The van der Waals surface area contributed by atoms with Crippen molar-refractivity contribution < 1.29 is 19.8 Å². The number of carbonyl (C=O) groups is 2. The zero-order chi connectivity index (χ0) is 16.6. The molecule has 0 bridgehead atoms. The van der Waals surface area contributed by atoms with Crippen LogP contribution in [0.4, 0.5) is 0 Å². The normalized spacial score (nSPS) is 11.7. The predicted molar refractivity (Wildman–Crippen MR) is 89.6 cm³/mol. The fourth-order valence-corrected chi connectivity index (χ4v) is 2.74. The van der Waals surface area contributed by atoms with Gasteiger partial charge in [-0.15, -0.1) is 0 Å². The zero-order valence-corrected chi connectivity index (χ0v) is 17.0. The van der Waals surface area contributed by atoms with Gasteiger partial charge in [-0.25, -0.2) is 0 Å². The van der Waals surface area contributed by atoms with Crippen LogP contribution in [0.3, 0.4) is 0 Å². The Morgan fingerprint density at radius 2 is 1.17 bits per heavy atom. The second-order valence-electron chi connectivity index (χ2n) is 6.25. The SMILES string of the molecule is CCCCCCC(CCCCCCCCCC(=O)[O-])C(=O)[O-].[Ca+2]. The molecule has 0 amide bonds. The summed E-state index contributed by atoms with van der Waals surface area (Å²) in [7, 11) is 0. The van der Waals surface area contributed by atoms with Gasteiger partial charge in [0.25, 0.3) is 0 Å². The molecule has 0 saturated carbocycles. The molecule has 0 aromatic carbocycles. The molecule has 130 valence electrons. The number of unbranched alkanes of at least 4 members (excludes halogenated alkanes) is 9. The molecule has 0 heterocycles. The molecule has 0 aromatic heterocycles. The van der Waals surface area contributed by atoms with E-state index in [1.807, 2.05) is 0 Å². The van der Waals surface area contributed by atoms with Gasteiger partial charge in [-0.05, 0) is 31.6 Å². The van der Waals surface area contributed by atoms with Crippen LogP contribution in [0.25, 0.3) is 0 Å². The van der Waals surface area contributed by atoms with Crippen LogP contribution in [0.5, 0.6) is 0 Å². The Morgan fingerprint density at radius 1 is 0.739 bits per heavy atom. The molecule has 0 aliphatic carbocycles. The van der Waals surface area contributed by atoms with Crippen LogP contribution in [0.15, 0.2) is 0 Å². The van der Waals surface area contributed by atoms with Gasteiger partial charge >= 0.3 is 37.7 Å². The maximum Gasteiger partial charge on any atom is 2.00 e. The molecule has 0 N–H and O–H groups in total. The van der Waals surface area contributed by atoms with Crippen molar-refractivity contribution in [3.63, 3.8) is 0 Å². The molecule has 23 heavy (non-hydrogen) atoms. The quantitative estimate of drug-likeness (QED) is 0.315. The van der Waals surface area contributed by atoms with Crippen LogP contribution < -0.4 is 10.2 Å². The first-order valence-electron chi connectivity index (χ1n) is 8.98. The van der Waals surface area contributed by atoms with Gasteiger partial charge in [-0.2, -0.15) is 0 Å². The summed E-state index contributed by atoms with van der Waals surface area (Å²) in [5, 5.41) is 21.3. The maximum atomic E-state index is 11.1. The van der Waals surface area contributed by atoms with Gasteiger partial charge < -0.3 is 19.8 Å². The third-order valence-electron chi connectivity index (χ3n) is 4.17. The zero-order valence-electron chi connectivity index (χ0n) is 14.8. The molecule has 0 radical (unpaired) electrons. The number of carboxylic acid groups (broad SMARTS) is 2. The monoisotopic (exact) mass is 352 g/mol. The minimum atomic E-state index is -0.966. The van der Waals surface area contributed by atoms with Crippen molar-refractivity contribution in [1.82, 2.24) is 0 Å². The van der Waals surface area contributed by atoms with Gasteiger partial charge in [0, 0.05) is 11.9 Å². The third kappa shape index (κ3) is 18.4. The fraction of sp³-hybridized carbons (Fsp3) is 0.889. The minimum Gasteiger partial charge on any atom is -0.550 e. The average molecular weight is 353 g/mol. The summed E-state index contributed by atoms with van der Waals surface area (Å²) < 4.78 is 0. The molecule has 4 nitrogen and oxygen atoms in total. The Hall–Kier alpha value is 0.200. The number of hydrogen-bond donors (Lipinski definition) is 0. The number of aliphatic carboxylic acids is 2.